The first kappa shape index (κ1) is 21.7. The Labute approximate surface area is 197 Å². The first-order valence-electron chi connectivity index (χ1n) is 12.3. The van der Waals surface area contributed by atoms with Crippen LogP contribution in [0.2, 0.25) is 0 Å². The molecule has 3 N–H and O–H groups in total. The number of para-hydroxylation sites is 1. The molecule has 0 radical (unpaired) electrons. The summed E-state index contributed by atoms with van der Waals surface area (Å²) in [6.45, 7) is 0.983. The van der Waals surface area contributed by atoms with Crippen molar-refractivity contribution in [3.8, 4) is 0 Å². The minimum Gasteiger partial charge on any atom is -0.362 e. The van der Waals surface area contributed by atoms with Crippen LogP contribution in [-0.4, -0.2) is 47.8 Å². The van der Waals surface area contributed by atoms with Gasteiger partial charge >= 0.3 is 0 Å². The normalized spacial score (nSPS) is 29.1. The third-order valence-corrected chi connectivity index (χ3v) is 8.05. The van der Waals surface area contributed by atoms with Crippen molar-refractivity contribution in [3.05, 3.63) is 24.3 Å². The molecule has 6 nitrogen and oxygen atoms in total. The van der Waals surface area contributed by atoms with E-state index >= 15 is 0 Å². The Kier molecular flexibility index (Phi) is 6.35. The van der Waals surface area contributed by atoms with Crippen LogP contribution in [0.25, 0.3) is 10.9 Å². The van der Waals surface area contributed by atoms with E-state index in [9.17, 15) is 0 Å². The molecule has 172 valence electrons. The number of thiocarbonyl (C=S) groups is 1. The van der Waals surface area contributed by atoms with Gasteiger partial charge in [-0.3, -0.25) is 0 Å². The molecular formula is C25H36N6S. The summed E-state index contributed by atoms with van der Waals surface area (Å²) in [5, 5.41) is 12.7. The van der Waals surface area contributed by atoms with E-state index in [-0.39, 0.29) is 0 Å². The predicted octanol–water partition coefficient (Wildman–Crippen LogP) is 4.32. The van der Waals surface area contributed by atoms with Crippen LogP contribution < -0.4 is 20.9 Å². The van der Waals surface area contributed by atoms with Gasteiger partial charge in [0.25, 0.3) is 0 Å². The van der Waals surface area contributed by atoms with Gasteiger partial charge in [-0.15, -0.1) is 0 Å². The smallest absolute Gasteiger partial charge is 0.225 e. The van der Waals surface area contributed by atoms with Gasteiger partial charge in [0, 0.05) is 38.1 Å². The fourth-order valence-corrected chi connectivity index (χ4v) is 6.27. The van der Waals surface area contributed by atoms with E-state index in [2.05, 4.69) is 33.0 Å². The minimum atomic E-state index is 0.432. The second-order valence-corrected chi connectivity index (χ2v) is 10.7. The van der Waals surface area contributed by atoms with Crippen LogP contribution in [0.1, 0.15) is 51.4 Å². The highest BCUT2D eigenvalue weighted by molar-refractivity contribution is 7.80. The van der Waals surface area contributed by atoms with E-state index in [1.54, 1.807) is 0 Å². The zero-order valence-electron chi connectivity index (χ0n) is 19.3. The second kappa shape index (κ2) is 9.38. The van der Waals surface area contributed by atoms with Crippen LogP contribution in [0.3, 0.4) is 0 Å². The van der Waals surface area contributed by atoms with E-state index < -0.39 is 0 Å². The molecule has 0 aliphatic heterocycles. The maximum Gasteiger partial charge on any atom is 0.225 e. The number of hydrogen-bond acceptors (Lipinski definition) is 5. The monoisotopic (exact) mass is 452 g/mol. The van der Waals surface area contributed by atoms with E-state index in [0.29, 0.717) is 18.0 Å². The highest BCUT2D eigenvalue weighted by Gasteiger charge is 2.39. The third-order valence-electron chi connectivity index (χ3n) is 7.79. The molecule has 3 aliphatic rings. The van der Waals surface area contributed by atoms with Crippen molar-refractivity contribution >= 4 is 40.0 Å². The van der Waals surface area contributed by atoms with Gasteiger partial charge in [-0.25, -0.2) is 4.98 Å². The average Bonchev–Trinajstić information content (AvgIpc) is 3.41. The Balaban J connectivity index is 1.09. The number of nitrogens with zero attached hydrogens (tertiary/aromatic N) is 3. The van der Waals surface area contributed by atoms with Gasteiger partial charge in [0.15, 0.2) is 5.11 Å². The zero-order chi connectivity index (χ0) is 22.1. The van der Waals surface area contributed by atoms with Gasteiger partial charge in [-0.1, -0.05) is 18.6 Å². The molecule has 1 aromatic heterocycles. The lowest BCUT2D eigenvalue weighted by atomic mass is 9.86. The van der Waals surface area contributed by atoms with Crippen LogP contribution in [0.5, 0.6) is 0 Å². The summed E-state index contributed by atoms with van der Waals surface area (Å²) in [6, 6.07) is 9.27. The minimum absolute atomic E-state index is 0.432. The molecule has 5 rings (SSSR count). The van der Waals surface area contributed by atoms with Crippen LogP contribution in [0.4, 0.5) is 11.8 Å². The zero-order valence-corrected chi connectivity index (χ0v) is 20.1. The molecule has 1 unspecified atom stereocenters. The molecule has 2 bridgehead atoms. The highest BCUT2D eigenvalue weighted by Crippen LogP contribution is 2.44. The van der Waals surface area contributed by atoms with E-state index in [4.69, 9.17) is 22.2 Å². The molecule has 1 aromatic carbocycles. The Hall–Kier alpha value is -2.15. The number of anilines is 2. The highest BCUT2D eigenvalue weighted by atomic mass is 32.1. The van der Waals surface area contributed by atoms with Crippen molar-refractivity contribution < 1.29 is 0 Å². The number of benzene rings is 1. The number of nitrogens with one attached hydrogen (secondary N) is 3. The van der Waals surface area contributed by atoms with E-state index in [1.165, 1.54) is 38.5 Å². The third kappa shape index (κ3) is 4.77. The lowest BCUT2D eigenvalue weighted by molar-refractivity contribution is 0.334. The lowest BCUT2D eigenvalue weighted by Gasteiger charge is -2.30. The molecule has 2 aromatic rings. The van der Waals surface area contributed by atoms with E-state index in [1.807, 2.05) is 26.2 Å². The molecule has 32 heavy (non-hydrogen) atoms. The summed E-state index contributed by atoms with van der Waals surface area (Å²) in [7, 11) is 4.07. The fraction of sp³-hybridized carbons (Fsp3) is 0.640. The summed E-state index contributed by atoms with van der Waals surface area (Å²) in [5.74, 6) is 4.19. The van der Waals surface area contributed by atoms with Gasteiger partial charge in [0.1, 0.15) is 5.82 Å². The van der Waals surface area contributed by atoms with Crippen molar-refractivity contribution in [2.45, 2.75) is 63.5 Å². The summed E-state index contributed by atoms with van der Waals surface area (Å²) in [5.41, 5.74) is 0.989. The first-order chi connectivity index (χ1) is 15.5. The number of aromatic nitrogens is 2. The first-order valence-corrected chi connectivity index (χ1v) is 12.7. The Morgan fingerprint density at radius 3 is 2.56 bits per heavy atom. The van der Waals surface area contributed by atoms with E-state index in [0.717, 1.165) is 59.0 Å². The molecule has 1 heterocycles. The maximum atomic E-state index is 5.60. The predicted molar refractivity (Wildman–Crippen MR) is 136 cm³/mol. The molecule has 7 heteroatoms. The maximum absolute atomic E-state index is 5.60. The Bertz CT molecular complexity index is 955. The number of fused-ring (bicyclic) bond motifs is 3. The van der Waals surface area contributed by atoms with Gasteiger partial charge in [-0.2, -0.15) is 4.98 Å². The van der Waals surface area contributed by atoms with Gasteiger partial charge < -0.3 is 20.9 Å². The SMILES string of the molecule is CN(C)c1nc(NC2CCC(CNC(=S)NC3C[C@@H]4CC[C@H]3C4)CC2)nc2ccccc12. The largest absolute Gasteiger partial charge is 0.362 e. The summed E-state index contributed by atoms with van der Waals surface area (Å²) in [6.07, 6.45) is 10.2. The number of hydrogen-bond donors (Lipinski definition) is 3. The topological polar surface area (TPSA) is 65.1 Å². The molecule has 3 saturated carbocycles. The summed E-state index contributed by atoms with van der Waals surface area (Å²) >= 11 is 5.60. The van der Waals surface area contributed by atoms with Crippen LogP contribution in [-0.2, 0) is 0 Å². The van der Waals surface area contributed by atoms with Crippen LogP contribution >= 0.6 is 12.2 Å². The molecule has 3 fully saturated rings. The van der Waals surface area contributed by atoms with Gasteiger partial charge in [0.2, 0.25) is 5.95 Å². The summed E-state index contributed by atoms with van der Waals surface area (Å²) in [4.78, 5) is 11.6. The van der Waals surface area contributed by atoms with Crippen molar-refractivity contribution in [1.29, 1.82) is 0 Å². The summed E-state index contributed by atoms with van der Waals surface area (Å²) < 4.78 is 0. The van der Waals surface area contributed by atoms with Crippen molar-refractivity contribution in [2.24, 2.45) is 17.8 Å². The Morgan fingerprint density at radius 1 is 1.03 bits per heavy atom. The molecule has 0 amide bonds. The lowest BCUT2D eigenvalue weighted by Crippen LogP contribution is -2.45. The van der Waals surface area contributed by atoms with Crippen molar-refractivity contribution in [3.63, 3.8) is 0 Å². The van der Waals surface area contributed by atoms with Crippen LogP contribution in [0, 0.1) is 17.8 Å². The molecule has 3 aliphatic carbocycles. The van der Waals surface area contributed by atoms with Crippen LogP contribution in [0.15, 0.2) is 24.3 Å². The van der Waals surface area contributed by atoms with Gasteiger partial charge in [0.05, 0.1) is 5.52 Å². The standard InChI is InChI=1S/C25H36N6S/c1-31(2)23-20-5-3-4-6-21(20)28-24(30-23)27-19-11-8-16(9-12-19)15-26-25(32)29-22-14-17-7-10-18(22)13-17/h3-6,16-19,22H,7-15H2,1-2H3,(H2,26,29,32)(H,27,28,30)/t16?,17-,18+,19?,22?/m1/s1. The molecule has 0 saturated heterocycles. The quantitative estimate of drug-likeness (QED) is 0.564. The average molecular weight is 453 g/mol. The van der Waals surface area contributed by atoms with Crippen molar-refractivity contribution in [1.82, 2.24) is 20.6 Å². The molecular weight excluding hydrogens is 416 g/mol. The van der Waals surface area contributed by atoms with Gasteiger partial charge in [-0.05, 0) is 87.1 Å². The molecule has 0 spiro atoms. The van der Waals surface area contributed by atoms with Crippen molar-refractivity contribution in [2.75, 3.05) is 30.9 Å². The fourth-order valence-electron chi connectivity index (χ4n) is 6.04. The number of rotatable bonds is 6. The Morgan fingerprint density at radius 2 is 1.84 bits per heavy atom. The molecule has 3 atom stereocenters. The second-order valence-electron chi connectivity index (χ2n) is 10.3.